The molecule has 0 spiro atoms. The number of nitrogens with one attached hydrogen (secondary N) is 1. The lowest BCUT2D eigenvalue weighted by molar-refractivity contribution is -0.135. The van der Waals surface area contributed by atoms with Gasteiger partial charge in [0.15, 0.2) is 0 Å². The molecule has 0 saturated carbocycles. The number of carbonyl (C=O) groups excluding carboxylic acids is 2. The molecule has 0 unspecified atom stereocenters. The summed E-state index contributed by atoms with van der Waals surface area (Å²) in [6, 6.07) is 7.95. The molecule has 152 valence electrons. The molecule has 1 N–H and O–H groups in total. The van der Waals surface area contributed by atoms with Crippen molar-refractivity contribution in [3.63, 3.8) is 0 Å². The van der Waals surface area contributed by atoms with E-state index in [4.69, 9.17) is 32.5 Å². The van der Waals surface area contributed by atoms with Gasteiger partial charge in [0.05, 0.1) is 35.1 Å². The van der Waals surface area contributed by atoms with E-state index in [9.17, 15) is 9.59 Å². The maximum absolute atomic E-state index is 12.6. The number of nitrogens with zero attached hydrogens (tertiary/aromatic N) is 2. The summed E-state index contributed by atoms with van der Waals surface area (Å²) in [5.74, 6) is -0.0269. The maximum Gasteiger partial charge on any atom is 0.246 e. The Labute approximate surface area is 177 Å². The molecule has 1 aromatic heterocycles. The van der Waals surface area contributed by atoms with Gasteiger partial charge in [-0.25, -0.2) is 0 Å². The van der Waals surface area contributed by atoms with E-state index < -0.39 is 6.04 Å². The molecule has 1 atom stereocenters. The van der Waals surface area contributed by atoms with Crippen LogP contribution in [0.25, 0.3) is 0 Å². The van der Waals surface area contributed by atoms with Gasteiger partial charge in [0.1, 0.15) is 18.4 Å². The molecule has 1 aliphatic rings. The Kier molecular flexibility index (Phi) is 6.95. The van der Waals surface area contributed by atoms with Crippen molar-refractivity contribution < 1.29 is 18.8 Å². The highest BCUT2D eigenvalue weighted by Gasteiger charge is 2.37. The summed E-state index contributed by atoms with van der Waals surface area (Å²) in [7, 11) is 0. The molecule has 29 heavy (non-hydrogen) atoms. The highest BCUT2D eigenvalue weighted by atomic mass is 35.5. The van der Waals surface area contributed by atoms with Crippen molar-refractivity contribution in [3.05, 3.63) is 70.6 Å². The van der Waals surface area contributed by atoms with Crippen molar-refractivity contribution in [1.82, 2.24) is 10.2 Å². The first-order valence-electron chi connectivity index (χ1n) is 8.82. The number of furan rings is 1. The summed E-state index contributed by atoms with van der Waals surface area (Å²) in [5.41, 5.74) is 1.38. The van der Waals surface area contributed by atoms with Gasteiger partial charge in [-0.3, -0.25) is 9.59 Å². The third-order valence-corrected chi connectivity index (χ3v) is 5.08. The van der Waals surface area contributed by atoms with Crippen molar-refractivity contribution in [2.75, 3.05) is 6.54 Å². The number of hydrogen-bond donors (Lipinski definition) is 1. The fraction of sp³-hybridized carbons (Fsp3) is 0.250. The van der Waals surface area contributed by atoms with Crippen LogP contribution in [0.15, 0.2) is 58.8 Å². The van der Waals surface area contributed by atoms with Crippen molar-refractivity contribution in [3.8, 4) is 0 Å². The number of hydrogen-bond acceptors (Lipinski definition) is 5. The lowest BCUT2D eigenvalue weighted by Crippen LogP contribution is -2.45. The average molecular weight is 436 g/mol. The van der Waals surface area contributed by atoms with Gasteiger partial charge in [-0.1, -0.05) is 41.0 Å². The monoisotopic (exact) mass is 435 g/mol. The van der Waals surface area contributed by atoms with Crippen LogP contribution in [0.5, 0.6) is 0 Å². The van der Waals surface area contributed by atoms with Crippen LogP contribution < -0.4 is 5.32 Å². The Hall–Kier alpha value is -2.77. The summed E-state index contributed by atoms with van der Waals surface area (Å²) in [6.45, 7) is 4.10. The van der Waals surface area contributed by atoms with Crippen LogP contribution in [0.3, 0.4) is 0 Å². The molecular formula is C20H19Cl2N3O4. The first-order valence-corrected chi connectivity index (χ1v) is 9.58. The quantitative estimate of drug-likeness (QED) is 0.532. The van der Waals surface area contributed by atoms with Gasteiger partial charge < -0.3 is 19.5 Å². The number of carbonyl (C=O) groups is 2. The van der Waals surface area contributed by atoms with Crippen LogP contribution in [0.2, 0.25) is 10.0 Å². The Morgan fingerprint density at radius 3 is 2.86 bits per heavy atom. The average Bonchev–Trinajstić information content (AvgIpc) is 3.38. The minimum atomic E-state index is -0.692. The largest absolute Gasteiger partial charge is 0.467 e. The van der Waals surface area contributed by atoms with E-state index in [2.05, 4.69) is 17.1 Å². The third-order valence-electron chi connectivity index (χ3n) is 4.34. The van der Waals surface area contributed by atoms with Crippen LogP contribution in [-0.2, 0) is 27.6 Å². The number of halogens is 2. The zero-order valence-corrected chi connectivity index (χ0v) is 16.9. The van der Waals surface area contributed by atoms with E-state index in [1.54, 1.807) is 30.3 Å². The van der Waals surface area contributed by atoms with E-state index in [1.807, 2.05) is 0 Å². The first kappa shape index (κ1) is 21.0. The fourth-order valence-corrected chi connectivity index (χ4v) is 3.21. The zero-order chi connectivity index (χ0) is 20.8. The van der Waals surface area contributed by atoms with Crippen molar-refractivity contribution >= 4 is 40.7 Å². The summed E-state index contributed by atoms with van der Waals surface area (Å²) in [6.07, 6.45) is 2.97. The molecule has 2 heterocycles. The molecule has 0 aliphatic carbocycles. The Morgan fingerprint density at radius 1 is 1.34 bits per heavy atom. The van der Waals surface area contributed by atoms with E-state index in [1.165, 1.54) is 17.2 Å². The van der Waals surface area contributed by atoms with E-state index in [0.717, 1.165) is 5.56 Å². The van der Waals surface area contributed by atoms with Crippen LogP contribution in [0.1, 0.15) is 17.7 Å². The van der Waals surface area contributed by atoms with Crippen molar-refractivity contribution in [2.24, 2.45) is 5.16 Å². The van der Waals surface area contributed by atoms with E-state index in [0.29, 0.717) is 21.5 Å². The topological polar surface area (TPSA) is 84.1 Å². The second-order valence-corrected chi connectivity index (χ2v) is 7.18. The maximum atomic E-state index is 12.6. The molecular weight excluding hydrogens is 417 g/mol. The molecule has 2 amide bonds. The Bertz CT molecular complexity index is 928. The number of likely N-dealkylation sites (tertiary alicyclic amines) is 1. The minimum Gasteiger partial charge on any atom is -0.467 e. The molecule has 3 rings (SSSR count). The molecule has 1 aliphatic heterocycles. The van der Waals surface area contributed by atoms with Gasteiger partial charge in [0.2, 0.25) is 11.8 Å². The molecule has 2 aromatic rings. The summed E-state index contributed by atoms with van der Waals surface area (Å²) < 4.78 is 5.20. The highest BCUT2D eigenvalue weighted by molar-refractivity contribution is 6.42. The van der Waals surface area contributed by atoms with E-state index in [-0.39, 0.29) is 37.9 Å². The standard InChI is InChI=1S/C20H19Cl2N3O4/c1-2-19(26)25-11-14(24-29-12-13-5-6-16(21)17(22)8-13)9-18(25)20(27)23-10-15-4-3-7-28-15/h2-8,18H,1,9-12H2,(H,23,27)/b24-14+/t18-/m0/s1. The summed E-state index contributed by atoms with van der Waals surface area (Å²) >= 11 is 11.9. The minimum absolute atomic E-state index is 0.186. The van der Waals surface area contributed by atoms with Gasteiger partial charge in [0, 0.05) is 6.42 Å². The molecule has 7 nitrogen and oxygen atoms in total. The van der Waals surface area contributed by atoms with Crippen LogP contribution in [0.4, 0.5) is 0 Å². The fourth-order valence-electron chi connectivity index (χ4n) is 2.89. The van der Waals surface area contributed by atoms with Crippen LogP contribution >= 0.6 is 23.2 Å². The van der Waals surface area contributed by atoms with Gasteiger partial charge in [-0.15, -0.1) is 0 Å². The van der Waals surface area contributed by atoms with Crippen molar-refractivity contribution in [1.29, 1.82) is 0 Å². The lowest BCUT2D eigenvalue weighted by Gasteiger charge is -2.21. The molecule has 1 saturated heterocycles. The Balaban J connectivity index is 1.61. The first-order chi connectivity index (χ1) is 14.0. The molecule has 0 bridgehead atoms. The number of amides is 2. The van der Waals surface area contributed by atoms with Crippen LogP contribution in [-0.4, -0.2) is 35.0 Å². The van der Waals surface area contributed by atoms with Gasteiger partial charge in [-0.2, -0.15) is 0 Å². The third kappa shape index (κ3) is 5.40. The predicted octanol–water partition coefficient (Wildman–Crippen LogP) is 3.56. The van der Waals surface area contributed by atoms with E-state index >= 15 is 0 Å². The molecule has 1 aromatic carbocycles. The second-order valence-electron chi connectivity index (χ2n) is 6.37. The number of rotatable bonds is 7. The summed E-state index contributed by atoms with van der Waals surface area (Å²) in [5, 5.41) is 7.75. The number of benzene rings is 1. The smallest absolute Gasteiger partial charge is 0.246 e. The summed E-state index contributed by atoms with van der Waals surface area (Å²) in [4.78, 5) is 31.5. The molecule has 1 fully saturated rings. The van der Waals surface area contributed by atoms with Gasteiger partial charge in [-0.05, 0) is 35.9 Å². The molecule has 0 radical (unpaired) electrons. The van der Waals surface area contributed by atoms with Crippen LogP contribution in [0, 0.1) is 0 Å². The SMILES string of the molecule is C=CC(=O)N1C/C(=N/OCc2ccc(Cl)c(Cl)c2)C[C@H]1C(=O)NCc1ccco1. The van der Waals surface area contributed by atoms with Crippen molar-refractivity contribution in [2.45, 2.75) is 25.6 Å². The number of oxime groups is 1. The second kappa shape index (κ2) is 9.62. The van der Waals surface area contributed by atoms with Gasteiger partial charge >= 0.3 is 0 Å². The molecule has 9 heteroatoms. The normalized spacial score (nSPS) is 17.4. The lowest BCUT2D eigenvalue weighted by atomic mass is 10.2. The predicted molar refractivity (Wildman–Crippen MR) is 110 cm³/mol. The highest BCUT2D eigenvalue weighted by Crippen LogP contribution is 2.23. The Morgan fingerprint density at radius 2 is 2.17 bits per heavy atom. The zero-order valence-electron chi connectivity index (χ0n) is 15.4. The van der Waals surface area contributed by atoms with Gasteiger partial charge in [0.25, 0.3) is 0 Å².